The summed E-state index contributed by atoms with van der Waals surface area (Å²) in [6, 6.07) is 8.93. The van der Waals surface area contributed by atoms with E-state index in [-0.39, 0.29) is 6.04 Å². The van der Waals surface area contributed by atoms with Crippen LogP contribution in [-0.2, 0) is 10.8 Å². The van der Waals surface area contributed by atoms with Crippen molar-refractivity contribution in [3.8, 4) is 5.75 Å². The first-order valence-electron chi connectivity index (χ1n) is 7.03. The Bertz CT molecular complexity index is 426. The van der Waals surface area contributed by atoms with E-state index in [1.807, 2.05) is 25.1 Å². The van der Waals surface area contributed by atoms with Crippen molar-refractivity contribution in [3.63, 3.8) is 0 Å². The zero-order valence-corrected chi connectivity index (χ0v) is 12.5. The highest BCUT2D eigenvalue weighted by molar-refractivity contribution is 7.85. The molecule has 0 amide bonds. The van der Waals surface area contributed by atoms with Crippen LogP contribution < -0.4 is 10.1 Å². The minimum Gasteiger partial charge on any atom is -0.494 e. The van der Waals surface area contributed by atoms with Crippen LogP contribution in [0.5, 0.6) is 5.75 Å². The van der Waals surface area contributed by atoms with Crippen molar-refractivity contribution in [2.24, 2.45) is 0 Å². The predicted octanol–water partition coefficient (Wildman–Crippen LogP) is 2.65. The molecule has 4 heteroatoms. The Hall–Kier alpha value is -0.870. The average molecular weight is 281 g/mol. The SMILES string of the molecule is CCOc1ccccc1C(C)NC1CCS(=O)CC1. The van der Waals surface area contributed by atoms with Gasteiger partial charge in [0.05, 0.1) is 6.61 Å². The summed E-state index contributed by atoms with van der Waals surface area (Å²) in [5, 5.41) is 3.64. The molecule has 1 atom stereocenters. The molecule has 3 nitrogen and oxygen atoms in total. The van der Waals surface area contributed by atoms with Gasteiger partial charge >= 0.3 is 0 Å². The molecule has 1 aliphatic heterocycles. The molecular weight excluding hydrogens is 258 g/mol. The number of ether oxygens (including phenoxy) is 1. The fourth-order valence-electron chi connectivity index (χ4n) is 2.53. The topological polar surface area (TPSA) is 38.3 Å². The van der Waals surface area contributed by atoms with E-state index in [0.717, 1.165) is 30.1 Å². The molecule has 1 N–H and O–H groups in total. The Morgan fingerprint density at radius 2 is 2.05 bits per heavy atom. The second-order valence-electron chi connectivity index (χ2n) is 4.98. The van der Waals surface area contributed by atoms with Crippen LogP contribution >= 0.6 is 0 Å². The molecule has 0 spiro atoms. The normalized spacial score (nSPS) is 24.9. The summed E-state index contributed by atoms with van der Waals surface area (Å²) in [5.74, 6) is 2.62. The Kier molecular flexibility index (Phi) is 5.40. The van der Waals surface area contributed by atoms with E-state index >= 15 is 0 Å². The monoisotopic (exact) mass is 281 g/mol. The Balaban J connectivity index is 1.99. The molecule has 1 aromatic rings. The van der Waals surface area contributed by atoms with Crippen molar-refractivity contribution in [2.75, 3.05) is 18.1 Å². The molecule has 0 radical (unpaired) electrons. The lowest BCUT2D eigenvalue weighted by molar-refractivity contribution is 0.328. The van der Waals surface area contributed by atoms with Crippen LogP contribution in [0, 0.1) is 0 Å². The van der Waals surface area contributed by atoms with E-state index in [1.165, 1.54) is 5.56 Å². The second-order valence-corrected chi connectivity index (χ2v) is 6.68. The van der Waals surface area contributed by atoms with Gasteiger partial charge in [0, 0.05) is 40.0 Å². The molecule has 1 unspecified atom stereocenters. The lowest BCUT2D eigenvalue weighted by Crippen LogP contribution is -2.37. The largest absolute Gasteiger partial charge is 0.494 e. The van der Waals surface area contributed by atoms with Crippen LogP contribution in [0.25, 0.3) is 0 Å². The van der Waals surface area contributed by atoms with Crippen LogP contribution in [0.1, 0.15) is 38.3 Å². The summed E-state index contributed by atoms with van der Waals surface area (Å²) >= 11 is 0. The fourth-order valence-corrected chi connectivity index (χ4v) is 3.83. The molecule has 0 aliphatic carbocycles. The van der Waals surface area contributed by atoms with Crippen molar-refractivity contribution in [1.82, 2.24) is 5.32 Å². The van der Waals surface area contributed by atoms with Gasteiger partial charge in [-0.1, -0.05) is 18.2 Å². The Morgan fingerprint density at radius 3 is 2.74 bits per heavy atom. The molecule has 1 saturated heterocycles. The maximum Gasteiger partial charge on any atom is 0.124 e. The highest BCUT2D eigenvalue weighted by atomic mass is 32.2. The molecule has 106 valence electrons. The molecular formula is C15H23NO2S. The van der Waals surface area contributed by atoms with Crippen LogP contribution in [0.4, 0.5) is 0 Å². The molecule has 0 bridgehead atoms. The van der Waals surface area contributed by atoms with Gasteiger partial charge in [0.1, 0.15) is 5.75 Å². The molecule has 1 heterocycles. The molecule has 19 heavy (non-hydrogen) atoms. The van der Waals surface area contributed by atoms with Crippen LogP contribution in [0.15, 0.2) is 24.3 Å². The third-order valence-corrected chi connectivity index (χ3v) is 4.94. The zero-order chi connectivity index (χ0) is 13.7. The van der Waals surface area contributed by atoms with E-state index in [4.69, 9.17) is 4.74 Å². The first-order valence-corrected chi connectivity index (χ1v) is 8.52. The molecule has 0 saturated carbocycles. The minimum absolute atomic E-state index is 0.263. The number of hydrogen-bond acceptors (Lipinski definition) is 3. The van der Waals surface area contributed by atoms with Crippen LogP contribution in [0.2, 0.25) is 0 Å². The van der Waals surface area contributed by atoms with E-state index in [1.54, 1.807) is 0 Å². The zero-order valence-electron chi connectivity index (χ0n) is 11.7. The molecule has 1 fully saturated rings. The Labute approximate surface area is 118 Å². The molecule has 1 aromatic carbocycles. The molecule has 2 rings (SSSR count). The fraction of sp³-hybridized carbons (Fsp3) is 0.600. The first kappa shape index (κ1) is 14.5. The minimum atomic E-state index is -0.592. The molecule has 1 aliphatic rings. The first-order chi connectivity index (χ1) is 9.20. The van der Waals surface area contributed by atoms with Gasteiger partial charge in [-0.3, -0.25) is 4.21 Å². The van der Waals surface area contributed by atoms with Crippen molar-refractivity contribution in [3.05, 3.63) is 29.8 Å². The lowest BCUT2D eigenvalue weighted by atomic mass is 10.0. The number of para-hydroxylation sites is 1. The summed E-state index contributed by atoms with van der Waals surface area (Å²) in [4.78, 5) is 0. The summed E-state index contributed by atoms with van der Waals surface area (Å²) in [6.45, 7) is 4.86. The van der Waals surface area contributed by atoms with Gasteiger partial charge < -0.3 is 10.1 Å². The number of hydrogen-bond donors (Lipinski definition) is 1. The highest BCUT2D eigenvalue weighted by Gasteiger charge is 2.20. The Morgan fingerprint density at radius 1 is 1.37 bits per heavy atom. The standard InChI is InChI=1S/C15H23NO2S/c1-3-18-15-7-5-4-6-14(15)12(2)16-13-8-10-19(17)11-9-13/h4-7,12-13,16H,3,8-11H2,1-2H3. The van der Waals surface area contributed by atoms with Crippen molar-refractivity contribution in [1.29, 1.82) is 0 Å². The average Bonchev–Trinajstić information content (AvgIpc) is 2.42. The molecule has 0 aromatic heterocycles. The van der Waals surface area contributed by atoms with Gasteiger partial charge in [0.25, 0.3) is 0 Å². The smallest absolute Gasteiger partial charge is 0.124 e. The second kappa shape index (κ2) is 7.06. The van der Waals surface area contributed by atoms with Gasteiger partial charge in [0.2, 0.25) is 0 Å². The summed E-state index contributed by atoms with van der Waals surface area (Å²) < 4.78 is 17.0. The van der Waals surface area contributed by atoms with Gasteiger partial charge in [-0.05, 0) is 32.8 Å². The van der Waals surface area contributed by atoms with Crippen molar-refractivity contribution < 1.29 is 8.95 Å². The van der Waals surface area contributed by atoms with E-state index in [0.29, 0.717) is 12.6 Å². The van der Waals surface area contributed by atoms with Crippen molar-refractivity contribution >= 4 is 10.8 Å². The van der Waals surface area contributed by atoms with E-state index in [2.05, 4.69) is 18.3 Å². The quantitative estimate of drug-likeness (QED) is 0.901. The van der Waals surface area contributed by atoms with Crippen LogP contribution in [-0.4, -0.2) is 28.4 Å². The van der Waals surface area contributed by atoms with E-state index < -0.39 is 10.8 Å². The summed E-state index contributed by atoms with van der Waals surface area (Å²) in [5.41, 5.74) is 1.20. The third kappa shape index (κ3) is 4.05. The lowest BCUT2D eigenvalue weighted by Gasteiger charge is -2.27. The van der Waals surface area contributed by atoms with Gasteiger partial charge in [-0.2, -0.15) is 0 Å². The summed E-state index contributed by atoms with van der Waals surface area (Å²) in [6.07, 6.45) is 2.02. The van der Waals surface area contributed by atoms with Crippen molar-refractivity contribution in [2.45, 2.75) is 38.8 Å². The predicted molar refractivity (Wildman–Crippen MR) is 80.1 cm³/mol. The van der Waals surface area contributed by atoms with Gasteiger partial charge in [-0.15, -0.1) is 0 Å². The number of benzene rings is 1. The third-order valence-electron chi connectivity index (χ3n) is 3.56. The van der Waals surface area contributed by atoms with Gasteiger partial charge in [0.15, 0.2) is 0 Å². The van der Waals surface area contributed by atoms with Gasteiger partial charge in [-0.25, -0.2) is 0 Å². The van der Waals surface area contributed by atoms with Crippen LogP contribution in [0.3, 0.4) is 0 Å². The van der Waals surface area contributed by atoms with E-state index in [9.17, 15) is 4.21 Å². The number of rotatable bonds is 5. The number of nitrogens with one attached hydrogen (secondary N) is 1. The summed E-state index contributed by atoms with van der Waals surface area (Å²) in [7, 11) is -0.592. The maximum absolute atomic E-state index is 11.4. The maximum atomic E-state index is 11.4. The highest BCUT2D eigenvalue weighted by Crippen LogP contribution is 2.26.